The highest BCUT2D eigenvalue weighted by atomic mass is 16.2. The van der Waals surface area contributed by atoms with Crippen molar-refractivity contribution >= 4 is 0 Å². The minimum atomic E-state index is -0.713. The predicted molar refractivity (Wildman–Crippen MR) is 135 cm³/mol. The second-order valence-corrected chi connectivity index (χ2v) is 7.27. The van der Waals surface area contributed by atoms with Crippen molar-refractivity contribution in [2.75, 3.05) is 0 Å². The van der Waals surface area contributed by atoms with Gasteiger partial charge in [0.2, 0.25) is 0 Å². The van der Waals surface area contributed by atoms with E-state index in [-0.39, 0.29) is 0 Å². The van der Waals surface area contributed by atoms with Crippen LogP contribution in [0.15, 0.2) is 105 Å². The van der Waals surface area contributed by atoms with Crippen LogP contribution in [0.4, 0.5) is 0 Å². The minimum absolute atomic E-state index is 0.391. The summed E-state index contributed by atoms with van der Waals surface area (Å²) in [4.78, 5) is 39.3. The molecule has 0 amide bonds. The Hall–Kier alpha value is -3.93. The first-order chi connectivity index (χ1) is 16.0. The maximum atomic E-state index is 13.1. The average molecular weight is 446 g/mol. The van der Waals surface area contributed by atoms with Gasteiger partial charge in [-0.25, -0.2) is 28.1 Å². The van der Waals surface area contributed by atoms with Crippen LogP contribution in [0.3, 0.4) is 0 Å². The molecule has 1 heterocycles. The topological polar surface area (TPSA) is 66.0 Å². The van der Waals surface area contributed by atoms with Crippen molar-refractivity contribution in [1.82, 2.24) is 13.7 Å². The first-order valence-corrected chi connectivity index (χ1v) is 11.2. The zero-order valence-electron chi connectivity index (χ0n) is 19.6. The van der Waals surface area contributed by atoms with E-state index in [0.717, 1.165) is 13.7 Å². The van der Waals surface area contributed by atoms with Crippen molar-refractivity contribution in [2.45, 2.75) is 40.5 Å². The predicted octanol–water partition coefficient (Wildman–Crippen LogP) is 4.97. The summed E-state index contributed by atoms with van der Waals surface area (Å²) in [7, 11) is 0. The van der Waals surface area contributed by atoms with Crippen LogP contribution in [0, 0.1) is 0 Å². The quantitative estimate of drug-likeness (QED) is 0.447. The van der Waals surface area contributed by atoms with E-state index < -0.39 is 17.1 Å². The largest absolute Gasteiger partial charge is 0.345 e. The van der Waals surface area contributed by atoms with Crippen molar-refractivity contribution in [2.24, 2.45) is 0 Å². The maximum Gasteiger partial charge on any atom is 0.345 e. The first kappa shape index (κ1) is 25.3. The fourth-order valence-electron chi connectivity index (χ4n) is 2.94. The zero-order chi connectivity index (χ0) is 24.2. The van der Waals surface area contributed by atoms with Crippen LogP contribution in [0.1, 0.15) is 40.5 Å². The van der Waals surface area contributed by atoms with E-state index in [1.165, 1.54) is 12.8 Å². The molecular formula is C27H31N3O3. The summed E-state index contributed by atoms with van der Waals surface area (Å²) in [5, 5.41) is 0. The Kier molecular flexibility index (Phi) is 9.83. The third-order valence-corrected chi connectivity index (χ3v) is 4.19. The second-order valence-electron chi connectivity index (χ2n) is 7.27. The van der Waals surface area contributed by atoms with Crippen LogP contribution in [-0.4, -0.2) is 13.7 Å². The lowest BCUT2D eigenvalue weighted by atomic mass is 10.3. The van der Waals surface area contributed by atoms with Crippen LogP contribution in [0.5, 0.6) is 0 Å². The molecule has 172 valence electrons. The number of aromatic nitrogens is 3. The molecule has 0 spiro atoms. The molecule has 0 unspecified atom stereocenters. The van der Waals surface area contributed by atoms with Crippen LogP contribution >= 0.6 is 0 Å². The standard InChI is InChI=1S/C21H15N3O3.2C3H8/c25-19-22(16-10-4-1-5-11-16)20(26)24(18-14-8-3-9-15-18)21(27)23(19)17-12-6-2-7-13-17;2*1-3-2/h1-15H;2*3H2,1-2H3. The molecule has 0 fully saturated rings. The molecule has 3 aromatic carbocycles. The summed E-state index contributed by atoms with van der Waals surface area (Å²) < 4.78 is 3.00. The van der Waals surface area contributed by atoms with E-state index in [0.29, 0.717) is 17.1 Å². The number of hydrogen-bond donors (Lipinski definition) is 0. The minimum Gasteiger partial charge on any atom is -0.246 e. The van der Waals surface area contributed by atoms with E-state index in [1.807, 2.05) is 0 Å². The third kappa shape index (κ3) is 6.07. The molecule has 0 aliphatic heterocycles. The van der Waals surface area contributed by atoms with Gasteiger partial charge in [-0.15, -0.1) is 0 Å². The number of nitrogens with zero attached hydrogens (tertiary/aromatic N) is 3. The van der Waals surface area contributed by atoms with Crippen LogP contribution in [0.2, 0.25) is 0 Å². The molecular weight excluding hydrogens is 414 g/mol. The van der Waals surface area contributed by atoms with Gasteiger partial charge in [0.1, 0.15) is 0 Å². The van der Waals surface area contributed by atoms with E-state index in [1.54, 1.807) is 91.0 Å². The van der Waals surface area contributed by atoms with Gasteiger partial charge in [-0.05, 0) is 36.4 Å². The molecule has 4 rings (SSSR count). The highest BCUT2D eigenvalue weighted by Crippen LogP contribution is 2.06. The van der Waals surface area contributed by atoms with E-state index in [9.17, 15) is 14.4 Å². The summed E-state index contributed by atoms with van der Waals surface area (Å²) in [5.74, 6) is 0. The van der Waals surface area contributed by atoms with Crippen molar-refractivity contribution in [3.05, 3.63) is 122 Å². The van der Waals surface area contributed by atoms with Gasteiger partial charge in [-0.1, -0.05) is 95.1 Å². The van der Waals surface area contributed by atoms with Gasteiger partial charge < -0.3 is 0 Å². The zero-order valence-corrected chi connectivity index (χ0v) is 19.6. The fourth-order valence-corrected chi connectivity index (χ4v) is 2.94. The Morgan fingerprint density at radius 2 is 0.606 bits per heavy atom. The molecule has 0 radical (unpaired) electrons. The van der Waals surface area contributed by atoms with Crippen molar-refractivity contribution in [3.8, 4) is 17.1 Å². The average Bonchev–Trinajstić information content (AvgIpc) is 2.82. The highest BCUT2D eigenvalue weighted by molar-refractivity contribution is 5.37. The van der Waals surface area contributed by atoms with E-state index in [4.69, 9.17) is 0 Å². The molecule has 0 aliphatic rings. The molecule has 4 aromatic rings. The molecule has 0 saturated carbocycles. The Morgan fingerprint density at radius 1 is 0.424 bits per heavy atom. The Bertz CT molecular complexity index is 1100. The van der Waals surface area contributed by atoms with E-state index in [2.05, 4.69) is 27.7 Å². The van der Waals surface area contributed by atoms with Gasteiger partial charge in [-0.3, -0.25) is 0 Å². The lowest BCUT2D eigenvalue weighted by molar-refractivity contribution is 0.659. The smallest absolute Gasteiger partial charge is 0.246 e. The summed E-state index contributed by atoms with van der Waals surface area (Å²) in [6.45, 7) is 8.50. The van der Waals surface area contributed by atoms with Gasteiger partial charge in [0, 0.05) is 0 Å². The molecule has 0 aliphatic carbocycles. The van der Waals surface area contributed by atoms with Crippen molar-refractivity contribution in [3.63, 3.8) is 0 Å². The number of benzene rings is 3. The first-order valence-electron chi connectivity index (χ1n) is 11.2. The number of hydrogen-bond acceptors (Lipinski definition) is 3. The van der Waals surface area contributed by atoms with Crippen molar-refractivity contribution in [1.29, 1.82) is 0 Å². The van der Waals surface area contributed by atoms with Crippen molar-refractivity contribution < 1.29 is 0 Å². The lowest BCUT2D eigenvalue weighted by Gasteiger charge is -2.14. The molecule has 0 bridgehead atoms. The summed E-state index contributed by atoms with van der Waals surface area (Å²) >= 11 is 0. The monoisotopic (exact) mass is 445 g/mol. The summed E-state index contributed by atoms with van der Waals surface area (Å²) in [5.41, 5.74) is -0.968. The van der Waals surface area contributed by atoms with Crippen LogP contribution < -0.4 is 17.1 Å². The number of para-hydroxylation sites is 3. The Balaban J connectivity index is 0.000000582. The van der Waals surface area contributed by atoms with Gasteiger partial charge in [0.25, 0.3) is 0 Å². The molecule has 0 N–H and O–H groups in total. The van der Waals surface area contributed by atoms with Crippen LogP contribution in [0.25, 0.3) is 17.1 Å². The fraction of sp³-hybridized carbons (Fsp3) is 0.222. The van der Waals surface area contributed by atoms with Gasteiger partial charge in [-0.2, -0.15) is 0 Å². The molecule has 6 heteroatoms. The van der Waals surface area contributed by atoms with E-state index >= 15 is 0 Å². The lowest BCUT2D eigenvalue weighted by Crippen LogP contribution is -2.52. The SMILES string of the molecule is CCC.CCC.O=c1n(-c2ccccc2)c(=O)n(-c2ccccc2)c(=O)n1-c1ccccc1. The third-order valence-electron chi connectivity index (χ3n) is 4.19. The van der Waals surface area contributed by atoms with Gasteiger partial charge >= 0.3 is 17.1 Å². The molecule has 0 atom stereocenters. The van der Waals surface area contributed by atoms with Gasteiger partial charge in [0.05, 0.1) is 17.1 Å². The molecule has 0 saturated heterocycles. The summed E-state index contributed by atoms with van der Waals surface area (Å²) in [6, 6.07) is 25.6. The summed E-state index contributed by atoms with van der Waals surface area (Å²) in [6.07, 6.45) is 2.50. The maximum absolute atomic E-state index is 13.1. The Labute approximate surface area is 194 Å². The second kappa shape index (κ2) is 12.8. The molecule has 1 aromatic heterocycles. The van der Waals surface area contributed by atoms with Gasteiger partial charge in [0.15, 0.2) is 0 Å². The Morgan fingerprint density at radius 3 is 0.788 bits per heavy atom. The number of rotatable bonds is 3. The molecule has 6 nitrogen and oxygen atoms in total. The normalized spacial score (nSPS) is 9.82. The highest BCUT2D eigenvalue weighted by Gasteiger charge is 2.18. The molecule has 33 heavy (non-hydrogen) atoms. The van der Waals surface area contributed by atoms with Crippen LogP contribution in [-0.2, 0) is 0 Å².